The molecular formula is C19H35NO9S. The Morgan fingerprint density at radius 2 is 1.73 bits per heavy atom. The maximum absolute atomic E-state index is 12.0. The largest absolute Gasteiger partial charge is 0.479 e. The van der Waals surface area contributed by atoms with Gasteiger partial charge in [-0.2, -0.15) is 8.42 Å². The SMILES string of the molecule is CC(=O)NCCCS(=O)(=O)OCC(C)(C)[C@](O)(CCCOC(=O)CC(C)C)C(=O)O. The Hall–Kier alpha value is -1.72. The van der Waals surface area contributed by atoms with Gasteiger partial charge in [0, 0.05) is 25.3 Å². The Balaban J connectivity index is 4.80. The molecule has 11 heteroatoms. The third kappa shape index (κ3) is 10.4. The number of hydrogen-bond donors (Lipinski definition) is 3. The Kier molecular flexibility index (Phi) is 11.5. The first-order valence-corrected chi connectivity index (χ1v) is 11.4. The molecule has 176 valence electrons. The van der Waals surface area contributed by atoms with E-state index in [2.05, 4.69) is 5.32 Å². The predicted molar refractivity (Wildman–Crippen MR) is 109 cm³/mol. The molecule has 0 aromatic heterocycles. The van der Waals surface area contributed by atoms with Crippen LogP contribution in [0.4, 0.5) is 0 Å². The zero-order valence-electron chi connectivity index (χ0n) is 18.4. The van der Waals surface area contributed by atoms with Crippen molar-refractivity contribution in [2.75, 3.05) is 25.5 Å². The number of carbonyl (C=O) groups excluding carboxylic acids is 2. The molecular weight excluding hydrogens is 418 g/mol. The van der Waals surface area contributed by atoms with Crippen LogP contribution in [0.1, 0.15) is 60.3 Å². The van der Waals surface area contributed by atoms with E-state index in [9.17, 15) is 33.0 Å². The lowest BCUT2D eigenvalue weighted by Crippen LogP contribution is -2.54. The van der Waals surface area contributed by atoms with Gasteiger partial charge in [-0.3, -0.25) is 13.8 Å². The summed E-state index contributed by atoms with van der Waals surface area (Å²) in [5, 5.41) is 22.7. The summed E-state index contributed by atoms with van der Waals surface area (Å²) >= 11 is 0. The molecule has 0 aliphatic rings. The van der Waals surface area contributed by atoms with Crippen molar-refractivity contribution in [3.8, 4) is 0 Å². The number of carboxylic acids is 1. The van der Waals surface area contributed by atoms with Gasteiger partial charge in [0.2, 0.25) is 5.91 Å². The standard InChI is InChI=1S/C19H35NO9S/c1-14(2)12-16(22)28-10-6-8-19(25,17(23)24)18(4,5)13-29-30(26,27)11-7-9-20-15(3)21/h14,25H,6-13H2,1-5H3,(H,20,21)(H,23,24)/t19-/m0/s1. The van der Waals surface area contributed by atoms with E-state index >= 15 is 0 Å². The lowest BCUT2D eigenvalue weighted by atomic mass is 9.73. The number of carboxylic acid groups (broad SMARTS) is 1. The minimum Gasteiger partial charge on any atom is -0.479 e. The lowest BCUT2D eigenvalue weighted by Gasteiger charge is -2.38. The fourth-order valence-electron chi connectivity index (χ4n) is 2.57. The topological polar surface area (TPSA) is 156 Å². The van der Waals surface area contributed by atoms with E-state index in [1.165, 1.54) is 20.8 Å². The normalized spacial score (nSPS) is 14.2. The van der Waals surface area contributed by atoms with Gasteiger partial charge < -0.3 is 20.3 Å². The van der Waals surface area contributed by atoms with Crippen LogP contribution in [0.25, 0.3) is 0 Å². The molecule has 0 rings (SSSR count). The first-order chi connectivity index (χ1) is 13.6. The summed E-state index contributed by atoms with van der Waals surface area (Å²) in [5.41, 5.74) is -3.74. The molecule has 0 spiro atoms. The third-order valence-corrected chi connectivity index (χ3v) is 5.80. The van der Waals surface area contributed by atoms with Gasteiger partial charge in [-0.15, -0.1) is 0 Å². The van der Waals surface area contributed by atoms with E-state index in [4.69, 9.17) is 8.92 Å². The number of carbonyl (C=O) groups is 3. The summed E-state index contributed by atoms with van der Waals surface area (Å²) in [5.74, 6) is -2.44. The summed E-state index contributed by atoms with van der Waals surface area (Å²) in [7, 11) is -3.97. The van der Waals surface area contributed by atoms with E-state index in [1.54, 1.807) is 0 Å². The molecule has 0 radical (unpaired) electrons. The van der Waals surface area contributed by atoms with Crippen molar-refractivity contribution in [1.82, 2.24) is 5.32 Å². The average Bonchev–Trinajstić information content (AvgIpc) is 2.59. The number of amides is 1. The molecule has 0 aliphatic heterocycles. The van der Waals surface area contributed by atoms with Crippen molar-refractivity contribution < 1.29 is 41.9 Å². The predicted octanol–water partition coefficient (Wildman–Crippen LogP) is 1.07. The Labute approximate surface area is 178 Å². The number of aliphatic hydroxyl groups is 1. The monoisotopic (exact) mass is 453 g/mol. The fraction of sp³-hybridized carbons (Fsp3) is 0.842. The molecule has 1 amide bonds. The molecule has 0 bridgehead atoms. The van der Waals surface area contributed by atoms with Crippen LogP contribution in [0.3, 0.4) is 0 Å². The van der Waals surface area contributed by atoms with Crippen LogP contribution in [0.2, 0.25) is 0 Å². The highest BCUT2D eigenvalue weighted by Crippen LogP contribution is 2.36. The van der Waals surface area contributed by atoms with Gasteiger partial charge >= 0.3 is 11.9 Å². The van der Waals surface area contributed by atoms with Crippen molar-refractivity contribution in [1.29, 1.82) is 0 Å². The van der Waals surface area contributed by atoms with Crippen LogP contribution in [0.15, 0.2) is 0 Å². The van der Waals surface area contributed by atoms with Gasteiger partial charge in [-0.05, 0) is 25.2 Å². The van der Waals surface area contributed by atoms with Gasteiger partial charge in [-0.25, -0.2) is 4.79 Å². The van der Waals surface area contributed by atoms with E-state index in [0.717, 1.165) is 0 Å². The number of rotatable bonds is 15. The van der Waals surface area contributed by atoms with Gasteiger partial charge in [0.05, 0.1) is 19.0 Å². The molecule has 0 saturated heterocycles. The number of hydrogen-bond acceptors (Lipinski definition) is 8. The fourth-order valence-corrected chi connectivity index (χ4v) is 3.66. The summed E-state index contributed by atoms with van der Waals surface area (Å²) in [6.45, 7) is 7.37. The van der Waals surface area contributed by atoms with Crippen LogP contribution in [0.5, 0.6) is 0 Å². The van der Waals surface area contributed by atoms with Crippen LogP contribution in [-0.2, 0) is 33.4 Å². The van der Waals surface area contributed by atoms with Gasteiger partial charge in [0.15, 0.2) is 5.60 Å². The maximum Gasteiger partial charge on any atom is 0.336 e. The number of esters is 1. The highest BCUT2D eigenvalue weighted by atomic mass is 32.2. The van der Waals surface area contributed by atoms with E-state index in [0.29, 0.717) is 0 Å². The second-order valence-electron chi connectivity index (χ2n) is 8.33. The van der Waals surface area contributed by atoms with Crippen LogP contribution in [0, 0.1) is 11.3 Å². The average molecular weight is 454 g/mol. The zero-order valence-corrected chi connectivity index (χ0v) is 19.2. The maximum atomic E-state index is 12.0. The number of nitrogens with one attached hydrogen (secondary N) is 1. The van der Waals surface area contributed by atoms with Crippen molar-refractivity contribution in [3.63, 3.8) is 0 Å². The first kappa shape index (κ1) is 28.3. The van der Waals surface area contributed by atoms with Crippen molar-refractivity contribution in [2.45, 2.75) is 65.9 Å². The van der Waals surface area contributed by atoms with Gasteiger partial charge in [0.25, 0.3) is 10.1 Å². The highest BCUT2D eigenvalue weighted by molar-refractivity contribution is 7.86. The number of aliphatic carboxylic acids is 1. The summed E-state index contributed by atoms with van der Waals surface area (Å²) in [4.78, 5) is 34.1. The van der Waals surface area contributed by atoms with Crippen molar-refractivity contribution in [3.05, 3.63) is 0 Å². The van der Waals surface area contributed by atoms with Gasteiger partial charge in [-0.1, -0.05) is 27.7 Å². The van der Waals surface area contributed by atoms with E-state index < -0.39 is 39.7 Å². The molecule has 0 aromatic rings. The molecule has 0 saturated carbocycles. The van der Waals surface area contributed by atoms with Gasteiger partial charge in [0.1, 0.15) is 0 Å². The second-order valence-corrected chi connectivity index (χ2v) is 10.1. The smallest absolute Gasteiger partial charge is 0.336 e. The van der Waals surface area contributed by atoms with Crippen LogP contribution in [-0.4, -0.2) is 67.6 Å². The minimum absolute atomic E-state index is 0.0560. The molecule has 1 atom stereocenters. The lowest BCUT2D eigenvalue weighted by molar-refractivity contribution is -0.177. The third-order valence-electron chi connectivity index (χ3n) is 4.54. The molecule has 0 fully saturated rings. The van der Waals surface area contributed by atoms with Crippen molar-refractivity contribution >= 4 is 28.0 Å². The molecule has 0 unspecified atom stereocenters. The Morgan fingerprint density at radius 1 is 1.13 bits per heavy atom. The molecule has 0 aromatic carbocycles. The first-order valence-electron chi connectivity index (χ1n) is 9.86. The highest BCUT2D eigenvalue weighted by Gasteiger charge is 2.50. The molecule has 10 nitrogen and oxygen atoms in total. The molecule has 0 aliphatic carbocycles. The summed E-state index contributed by atoms with van der Waals surface area (Å²) < 4.78 is 34.0. The molecule has 0 heterocycles. The minimum atomic E-state index is -3.97. The molecule has 3 N–H and O–H groups in total. The van der Waals surface area contributed by atoms with Crippen LogP contribution < -0.4 is 5.32 Å². The zero-order chi connectivity index (χ0) is 23.6. The second kappa shape index (κ2) is 12.2. The summed E-state index contributed by atoms with van der Waals surface area (Å²) in [6.07, 6.45) is 0.200. The number of ether oxygens (including phenoxy) is 1. The Bertz CT molecular complexity index is 688. The summed E-state index contributed by atoms with van der Waals surface area (Å²) in [6, 6.07) is 0. The van der Waals surface area contributed by atoms with E-state index in [1.807, 2.05) is 13.8 Å². The van der Waals surface area contributed by atoms with E-state index in [-0.39, 0.29) is 56.4 Å². The van der Waals surface area contributed by atoms with Crippen LogP contribution >= 0.6 is 0 Å². The molecule has 30 heavy (non-hydrogen) atoms. The van der Waals surface area contributed by atoms with Crippen molar-refractivity contribution in [2.24, 2.45) is 11.3 Å². The quantitative estimate of drug-likeness (QED) is 0.187. The Morgan fingerprint density at radius 3 is 2.23 bits per heavy atom.